The number of hydrogen-bond acceptors (Lipinski definition) is 6. The first-order valence-electron chi connectivity index (χ1n) is 15.5. The number of fused-ring (bicyclic) bond motifs is 6. The van der Waals surface area contributed by atoms with Gasteiger partial charge in [0.1, 0.15) is 0 Å². The molecule has 3 aliphatic heterocycles. The molecule has 0 atom stereocenters. The highest BCUT2D eigenvalue weighted by Gasteiger charge is 2.30. The average molecular weight is 650 g/mol. The average Bonchev–Trinajstić information content (AvgIpc) is 3.06. The molecule has 9 rings (SSSR count). The Labute approximate surface area is 283 Å². The van der Waals surface area contributed by atoms with Gasteiger partial charge in [0, 0.05) is 35.1 Å². The summed E-state index contributed by atoms with van der Waals surface area (Å²) in [6.45, 7) is 8.80. The van der Waals surface area contributed by atoms with E-state index in [1.807, 2.05) is 35.3 Å². The Morgan fingerprint density at radius 2 is 1.04 bits per heavy atom. The van der Waals surface area contributed by atoms with Crippen molar-refractivity contribution < 1.29 is 0 Å². The van der Waals surface area contributed by atoms with Gasteiger partial charge in [-0.25, -0.2) is 0 Å². The minimum absolute atomic E-state index is 1.15. The molecular weight excluding hydrogens is 619 g/mol. The topological polar surface area (TPSA) is 18.5 Å². The molecule has 6 heteroatoms. The molecule has 0 amide bonds. The highest BCUT2D eigenvalue weighted by Crippen LogP contribution is 2.57. The second-order valence-corrected chi connectivity index (χ2v) is 15.5. The van der Waals surface area contributed by atoms with Crippen LogP contribution in [0.4, 0.5) is 45.5 Å². The fraction of sp³-hybridized carbons (Fsp3) is 0.100. The van der Waals surface area contributed by atoms with Crippen molar-refractivity contribution in [2.45, 2.75) is 57.1 Å². The summed E-state index contributed by atoms with van der Waals surface area (Å²) >= 11 is 5.60. The normalized spacial score (nSPS) is 13.9. The van der Waals surface area contributed by atoms with E-state index in [0.29, 0.717) is 0 Å². The lowest BCUT2D eigenvalue weighted by atomic mass is 10.1. The number of para-hydroxylation sites is 1. The molecule has 0 saturated heterocycles. The third-order valence-corrected chi connectivity index (χ3v) is 12.4. The van der Waals surface area contributed by atoms with Crippen LogP contribution in [0, 0.1) is 27.7 Å². The van der Waals surface area contributed by atoms with Gasteiger partial charge in [-0.3, -0.25) is 0 Å². The molecule has 0 saturated carbocycles. The summed E-state index contributed by atoms with van der Waals surface area (Å²) in [5, 5.41) is 3.78. The van der Waals surface area contributed by atoms with Crippen LogP contribution in [0.1, 0.15) is 22.3 Å². The van der Waals surface area contributed by atoms with Crippen molar-refractivity contribution in [2.24, 2.45) is 0 Å². The Bertz CT molecular complexity index is 2240. The van der Waals surface area contributed by atoms with E-state index in [9.17, 15) is 0 Å². The third-order valence-electron chi connectivity index (χ3n) is 8.94. The molecule has 3 nitrogen and oxygen atoms in total. The maximum absolute atomic E-state index is 3.78. The van der Waals surface area contributed by atoms with Gasteiger partial charge in [-0.2, -0.15) is 0 Å². The Balaban J connectivity index is 1.15. The molecule has 46 heavy (non-hydrogen) atoms. The lowest BCUT2D eigenvalue weighted by Gasteiger charge is -2.36. The Kier molecular flexibility index (Phi) is 6.50. The summed E-state index contributed by atoms with van der Waals surface area (Å²) in [5.74, 6) is 0. The predicted octanol–water partition coefficient (Wildman–Crippen LogP) is 13.0. The molecule has 0 bridgehead atoms. The van der Waals surface area contributed by atoms with Gasteiger partial charge in [-0.1, -0.05) is 65.6 Å². The lowest BCUT2D eigenvalue weighted by molar-refractivity contribution is 1.12. The third kappa shape index (κ3) is 4.46. The van der Waals surface area contributed by atoms with E-state index in [1.54, 1.807) is 0 Å². The maximum Gasteiger partial charge on any atom is 0.0604 e. The van der Waals surface area contributed by atoms with E-state index in [4.69, 9.17) is 0 Å². The fourth-order valence-electron chi connectivity index (χ4n) is 6.67. The lowest BCUT2D eigenvalue weighted by Crippen LogP contribution is -2.17. The zero-order chi connectivity index (χ0) is 31.1. The van der Waals surface area contributed by atoms with Gasteiger partial charge in [0.2, 0.25) is 0 Å². The minimum atomic E-state index is 1.15. The van der Waals surface area contributed by atoms with Crippen LogP contribution in [0.15, 0.2) is 139 Å². The van der Waals surface area contributed by atoms with E-state index in [-0.39, 0.29) is 0 Å². The van der Waals surface area contributed by atoms with Gasteiger partial charge in [-0.05, 0) is 129 Å². The van der Waals surface area contributed by atoms with Gasteiger partial charge in [0.05, 0.1) is 39.8 Å². The van der Waals surface area contributed by atoms with Crippen LogP contribution in [0.25, 0.3) is 0 Å². The zero-order valence-electron chi connectivity index (χ0n) is 26.0. The molecule has 3 heterocycles. The van der Waals surface area contributed by atoms with Crippen molar-refractivity contribution in [1.82, 2.24) is 0 Å². The Morgan fingerprint density at radius 3 is 1.83 bits per heavy atom. The van der Waals surface area contributed by atoms with Crippen molar-refractivity contribution in [3.63, 3.8) is 0 Å². The van der Waals surface area contributed by atoms with Crippen molar-refractivity contribution in [3.8, 4) is 0 Å². The molecule has 6 aromatic carbocycles. The van der Waals surface area contributed by atoms with Crippen molar-refractivity contribution in [1.29, 1.82) is 0 Å². The number of nitrogens with one attached hydrogen (secondary N) is 1. The minimum Gasteiger partial charge on any atom is -0.354 e. The van der Waals surface area contributed by atoms with Gasteiger partial charge >= 0.3 is 0 Å². The van der Waals surface area contributed by atoms with Crippen LogP contribution in [0.2, 0.25) is 0 Å². The molecule has 0 aliphatic carbocycles. The molecule has 1 N–H and O–H groups in total. The van der Waals surface area contributed by atoms with Gasteiger partial charge in [-0.15, -0.1) is 0 Å². The summed E-state index contributed by atoms with van der Waals surface area (Å²) < 4.78 is 0. The molecule has 0 aromatic heterocycles. The predicted molar refractivity (Wildman–Crippen MR) is 197 cm³/mol. The van der Waals surface area contributed by atoms with E-state index in [0.717, 1.165) is 11.4 Å². The number of benzene rings is 6. The summed E-state index contributed by atoms with van der Waals surface area (Å²) in [6, 6.07) is 40.5. The number of anilines is 8. The van der Waals surface area contributed by atoms with Crippen molar-refractivity contribution in [2.75, 3.05) is 15.1 Å². The molecule has 0 spiro atoms. The summed E-state index contributed by atoms with van der Waals surface area (Å²) in [4.78, 5) is 12.5. The smallest absolute Gasteiger partial charge is 0.0604 e. The van der Waals surface area contributed by atoms with E-state index in [1.165, 1.54) is 85.8 Å². The van der Waals surface area contributed by atoms with Crippen LogP contribution in [0.5, 0.6) is 0 Å². The fourth-order valence-corrected chi connectivity index (χ4v) is 10.1. The van der Waals surface area contributed by atoms with Crippen LogP contribution >= 0.6 is 35.3 Å². The second kappa shape index (κ2) is 10.7. The largest absolute Gasteiger partial charge is 0.354 e. The summed E-state index contributed by atoms with van der Waals surface area (Å²) in [7, 11) is 0. The van der Waals surface area contributed by atoms with Crippen molar-refractivity contribution in [3.05, 3.63) is 131 Å². The number of rotatable bonds is 2. The summed E-state index contributed by atoms with van der Waals surface area (Å²) in [5.41, 5.74) is 14.7. The van der Waals surface area contributed by atoms with Crippen LogP contribution in [-0.2, 0) is 0 Å². The molecular formula is C40H31N3S3. The SMILES string of the molecule is Cc1ccc2c(c1)Sc1ccccc1N2c1ccc2c(c1)Sc1c(ccc(N3c4ccc(C)cc4Sc4ccc(C)cc43)c1C)N2. The molecule has 0 fully saturated rings. The van der Waals surface area contributed by atoms with Crippen molar-refractivity contribution >= 4 is 80.8 Å². The molecule has 0 radical (unpaired) electrons. The highest BCUT2D eigenvalue weighted by atomic mass is 32.2. The number of hydrogen-bond donors (Lipinski definition) is 1. The van der Waals surface area contributed by atoms with Crippen LogP contribution in [-0.4, -0.2) is 0 Å². The second-order valence-electron chi connectivity index (χ2n) is 12.3. The standard InChI is InChI=1S/C40H31N3S3/c1-23-11-18-36-34(19-23)43(33-16-10-25(3)21-39(33)45-36)30-17-14-29-40(26(30)4)46-37-22-27(12-13-28(37)41-29)42-31-7-5-6-8-35(31)44-38-20-24(2)9-15-32(38)42/h5-22,41H,1-4H3. The molecule has 3 aliphatic rings. The van der Waals surface area contributed by atoms with Crippen LogP contribution in [0.3, 0.4) is 0 Å². The Hall–Kier alpha value is -4.23. The monoisotopic (exact) mass is 649 g/mol. The van der Waals surface area contributed by atoms with Gasteiger partial charge < -0.3 is 15.1 Å². The number of nitrogens with zero attached hydrogens (tertiary/aromatic N) is 2. The zero-order valence-corrected chi connectivity index (χ0v) is 28.5. The van der Waals surface area contributed by atoms with E-state index in [2.05, 4.69) is 152 Å². The first-order valence-corrected chi connectivity index (χ1v) is 18.0. The first-order chi connectivity index (χ1) is 22.4. The van der Waals surface area contributed by atoms with E-state index >= 15 is 0 Å². The molecule has 0 unspecified atom stereocenters. The number of aryl methyl sites for hydroxylation is 3. The van der Waals surface area contributed by atoms with Gasteiger partial charge in [0.15, 0.2) is 0 Å². The van der Waals surface area contributed by atoms with Gasteiger partial charge in [0.25, 0.3) is 0 Å². The van der Waals surface area contributed by atoms with E-state index < -0.39 is 0 Å². The summed E-state index contributed by atoms with van der Waals surface area (Å²) in [6.07, 6.45) is 0. The quantitative estimate of drug-likeness (QED) is 0.199. The van der Waals surface area contributed by atoms with Crippen LogP contribution < -0.4 is 15.1 Å². The first kappa shape index (κ1) is 28.0. The maximum atomic E-state index is 3.78. The Morgan fingerprint density at radius 1 is 0.435 bits per heavy atom. The highest BCUT2D eigenvalue weighted by molar-refractivity contribution is 8.00. The molecule has 6 aromatic rings. The molecule has 224 valence electrons.